The van der Waals surface area contributed by atoms with Crippen LogP contribution in [0.5, 0.6) is 0 Å². The molecular formula is C24H29F3N4O. The third-order valence-electron chi connectivity index (χ3n) is 5.43. The Morgan fingerprint density at radius 2 is 1.75 bits per heavy atom. The minimum Gasteiger partial charge on any atom is -0.383 e. The van der Waals surface area contributed by atoms with Crippen molar-refractivity contribution in [1.82, 2.24) is 4.90 Å². The van der Waals surface area contributed by atoms with Crippen LogP contribution in [0.3, 0.4) is 0 Å². The second-order valence-corrected chi connectivity index (χ2v) is 8.31. The maximum atomic E-state index is 13.7. The zero-order valence-corrected chi connectivity index (χ0v) is 18.7. The molecule has 0 saturated carbocycles. The van der Waals surface area contributed by atoms with E-state index in [9.17, 15) is 18.0 Å². The van der Waals surface area contributed by atoms with Crippen LogP contribution in [0.25, 0.3) is 5.57 Å². The summed E-state index contributed by atoms with van der Waals surface area (Å²) in [6.07, 6.45) is -3.08. The van der Waals surface area contributed by atoms with Crippen LogP contribution in [-0.4, -0.2) is 36.0 Å². The molecular weight excluding hydrogens is 417 g/mol. The van der Waals surface area contributed by atoms with Gasteiger partial charge in [-0.05, 0) is 52.0 Å². The molecule has 3 rings (SSSR count). The largest absolute Gasteiger partial charge is 0.418 e. The smallest absolute Gasteiger partial charge is 0.383 e. The van der Waals surface area contributed by atoms with Crippen LogP contribution in [-0.2, 0) is 11.0 Å². The summed E-state index contributed by atoms with van der Waals surface area (Å²) in [6.45, 7) is 9.30. The van der Waals surface area contributed by atoms with Gasteiger partial charge in [0.2, 0.25) is 0 Å². The molecule has 2 aromatic rings. The molecule has 2 aromatic carbocycles. The molecule has 0 unspecified atom stereocenters. The van der Waals surface area contributed by atoms with Crippen molar-refractivity contribution in [3.05, 3.63) is 59.8 Å². The Bertz CT molecular complexity index is 991. The van der Waals surface area contributed by atoms with E-state index in [1.165, 1.54) is 12.3 Å². The second kappa shape index (κ2) is 9.65. The number of alkyl halides is 3. The van der Waals surface area contributed by atoms with Gasteiger partial charge in [0.05, 0.1) is 11.1 Å². The van der Waals surface area contributed by atoms with Gasteiger partial charge in [0.15, 0.2) is 0 Å². The number of fused-ring (bicyclic) bond motifs is 1. The summed E-state index contributed by atoms with van der Waals surface area (Å²) < 4.78 is 41.1. The molecule has 0 bridgehead atoms. The highest BCUT2D eigenvalue weighted by atomic mass is 19.4. The normalized spacial score (nSPS) is 14.9. The third kappa shape index (κ3) is 5.43. The summed E-state index contributed by atoms with van der Waals surface area (Å²) in [7, 11) is 0. The van der Waals surface area contributed by atoms with E-state index in [-0.39, 0.29) is 17.3 Å². The molecule has 0 aliphatic carbocycles. The van der Waals surface area contributed by atoms with E-state index in [0.29, 0.717) is 42.0 Å². The molecule has 1 aliphatic heterocycles. The van der Waals surface area contributed by atoms with Gasteiger partial charge >= 0.3 is 6.18 Å². The third-order valence-corrected chi connectivity index (χ3v) is 5.43. The summed E-state index contributed by atoms with van der Waals surface area (Å²) in [6, 6.07) is 11.8. The van der Waals surface area contributed by atoms with E-state index in [4.69, 9.17) is 0 Å². The second-order valence-electron chi connectivity index (χ2n) is 8.31. The summed E-state index contributed by atoms with van der Waals surface area (Å²) in [4.78, 5) is 14.4. The molecule has 0 saturated heterocycles. The number of halogens is 3. The quantitative estimate of drug-likeness (QED) is 0.459. The first-order valence-corrected chi connectivity index (χ1v) is 10.7. The van der Waals surface area contributed by atoms with Crippen LogP contribution >= 0.6 is 0 Å². The average Bonchev–Trinajstić information content (AvgIpc) is 3.03. The topological polar surface area (TPSA) is 56.4 Å². The van der Waals surface area contributed by atoms with Crippen molar-refractivity contribution < 1.29 is 18.0 Å². The summed E-state index contributed by atoms with van der Waals surface area (Å²) in [5.41, 5.74) is 1.29. The maximum absolute atomic E-state index is 13.7. The van der Waals surface area contributed by atoms with E-state index in [2.05, 4.69) is 48.5 Å². The SMILES string of the molecule is CC(C)N(CCNc1ccc(N/C=C2/C(=O)Nc3ccccc32)cc1C(F)(F)F)C(C)C. The first kappa shape index (κ1) is 23.7. The fraction of sp³-hybridized carbons (Fsp3) is 0.375. The number of nitrogens with one attached hydrogen (secondary N) is 3. The lowest BCUT2D eigenvalue weighted by molar-refractivity contribution is -0.136. The van der Waals surface area contributed by atoms with Crippen molar-refractivity contribution in [2.45, 2.75) is 46.0 Å². The predicted molar refractivity (Wildman–Crippen MR) is 124 cm³/mol. The number of nitrogens with zero attached hydrogens (tertiary/aromatic N) is 1. The van der Waals surface area contributed by atoms with Crippen molar-refractivity contribution in [3.8, 4) is 0 Å². The highest BCUT2D eigenvalue weighted by Crippen LogP contribution is 2.37. The van der Waals surface area contributed by atoms with Gasteiger partial charge in [-0.2, -0.15) is 13.2 Å². The number of anilines is 3. The Balaban J connectivity index is 1.76. The minimum atomic E-state index is -4.51. The van der Waals surface area contributed by atoms with E-state index >= 15 is 0 Å². The van der Waals surface area contributed by atoms with Gasteiger partial charge in [-0.15, -0.1) is 0 Å². The first-order chi connectivity index (χ1) is 15.1. The van der Waals surface area contributed by atoms with E-state index in [1.54, 1.807) is 30.3 Å². The fourth-order valence-corrected chi connectivity index (χ4v) is 3.89. The van der Waals surface area contributed by atoms with E-state index in [1.807, 2.05) is 0 Å². The number of carbonyl (C=O) groups is 1. The number of amides is 1. The molecule has 8 heteroatoms. The predicted octanol–water partition coefficient (Wildman–Crippen LogP) is 5.64. The minimum absolute atomic E-state index is 0.0344. The Kier molecular flexibility index (Phi) is 7.13. The lowest BCUT2D eigenvalue weighted by Crippen LogP contribution is -2.40. The molecule has 172 valence electrons. The van der Waals surface area contributed by atoms with Gasteiger partial charge < -0.3 is 16.0 Å². The van der Waals surface area contributed by atoms with Crippen molar-refractivity contribution in [1.29, 1.82) is 0 Å². The van der Waals surface area contributed by atoms with Crippen LogP contribution in [0.2, 0.25) is 0 Å². The Morgan fingerprint density at radius 1 is 1.06 bits per heavy atom. The summed E-state index contributed by atoms with van der Waals surface area (Å²) in [5, 5.41) is 8.51. The molecule has 32 heavy (non-hydrogen) atoms. The molecule has 1 heterocycles. The molecule has 1 amide bonds. The highest BCUT2D eigenvalue weighted by molar-refractivity contribution is 6.31. The van der Waals surface area contributed by atoms with Crippen LogP contribution < -0.4 is 16.0 Å². The van der Waals surface area contributed by atoms with E-state index in [0.717, 1.165) is 6.07 Å². The Labute approximate surface area is 186 Å². The van der Waals surface area contributed by atoms with Crippen LogP contribution in [0.15, 0.2) is 48.7 Å². The first-order valence-electron chi connectivity index (χ1n) is 10.7. The van der Waals surface area contributed by atoms with Gasteiger partial charge in [-0.25, -0.2) is 0 Å². The van der Waals surface area contributed by atoms with Crippen molar-refractivity contribution in [2.75, 3.05) is 29.0 Å². The lowest BCUT2D eigenvalue weighted by Gasteiger charge is -2.30. The monoisotopic (exact) mass is 446 g/mol. The van der Waals surface area contributed by atoms with Gasteiger partial charge in [-0.3, -0.25) is 9.69 Å². The van der Waals surface area contributed by atoms with Crippen molar-refractivity contribution in [2.24, 2.45) is 0 Å². The molecule has 1 aliphatic rings. The van der Waals surface area contributed by atoms with E-state index < -0.39 is 11.7 Å². The molecule has 0 radical (unpaired) electrons. The molecule has 0 fully saturated rings. The van der Waals surface area contributed by atoms with Gasteiger partial charge in [-0.1, -0.05) is 18.2 Å². The van der Waals surface area contributed by atoms with Crippen LogP contribution in [0, 0.1) is 0 Å². The van der Waals surface area contributed by atoms with Gasteiger partial charge in [0, 0.05) is 54.0 Å². The molecule has 3 N–H and O–H groups in total. The lowest BCUT2D eigenvalue weighted by atomic mass is 10.1. The maximum Gasteiger partial charge on any atom is 0.418 e. The summed E-state index contributed by atoms with van der Waals surface area (Å²) in [5.74, 6) is -0.298. The number of para-hydroxylation sites is 1. The number of carbonyl (C=O) groups excluding carboxylic acids is 1. The van der Waals surface area contributed by atoms with Crippen molar-refractivity contribution >= 4 is 28.5 Å². The van der Waals surface area contributed by atoms with Crippen molar-refractivity contribution in [3.63, 3.8) is 0 Å². The number of benzene rings is 2. The Morgan fingerprint density at radius 3 is 2.41 bits per heavy atom. The Hall–Kier alpha value is -3.00. The van der Waals surface area contributed by atoms with Crippen LogP contribution in [0.1, 0.15) is 38.8 Å². The summed E-state index contributed by atoms with van der Waals surface area (Å²) >= 11 is 0. The van der Waals surface area contributed by atoms with Crippen LogP contribution in [0.4, 0.5) is 30.2 Å². The number of hydrogen-bond donors (Lipinski definition) is 3. The molecule has 0 atom stereocenters. The molecule has 0 aromatic heterocycles. The molecule has 5 nitrogen and oxygen atoms in total. The highest BCUT2D eigenvalue weighted by Gasteiger charge is 2.34. The average molecular weight is 447 g/mol. The van der Waals surface area contributed by atoms with Gasteiger partial charge in [0.1, 0.15) is 0 Å². The van der Waals surface area contributed by atoms with Gasteiger partial charge in [0.25, 0.3) is 5.91 Å². The number of hydrogen-bond acceptors (Lipinski definition) is 4. The number of rotatable bonds is 8. The zero-order valence-electron chi connectivity index (χ0n) is 18.7. The zero-order chi connectivity index (χ0) is 23.5. The standard InChI is InChI=1S/C24H29F3N4O/c1-15(2)31(16(3)4)12-11-28-22-10-9-17(13-20(22)24(25,26)27)29-14-19-18-7-5-6-8-21(18)30-23(19)32/h5-10,13-16,28-29H,11-12H2,1-4H3,(H,30,32)/b19-14+. The fourth-order valence-electron chi connectivity index (χ4n) is 3.89. The molecule has 0 spiro atoms.